The van der Waals surface area contributed by atoms with E-state index in [4.69, 9.17) is 4.42 Å². The van der Waals surface area contributed by atoms with E-state index >= 15 is 0 Å². The molecular weight excluding hydrogens is 458 g/mol. The Hall–Kier alpha value is -5.12. The number of benzene rings is 2. The predicted molar refractivity (Wildman–Crippen MR) is 136 cm³/mol. The third-order valence-electron chi connectivity index (χ3n) is 5.44. The summed E-state index contributed by atoms with van der Waals surface area (Å²) in [7, 11) is 0. The molecule has 10 heteroatoms. The van der Waals surface area contributed by atoms with E-state index in [1.54, 1.807) is 66.9 Å². The Morgan fingerprint density at radius 2 is 1.69 bits per heavy atom. The molecule has 1 amide bonds. The van der Waals surface area contributed by atoms with Gasteiger partial charge in [-0.2, -0.15) is 9.62 Å². The molecule has 0 fully saturated rings. The first-order valence-corrected chi connectivity index (χ1v) is 11.1. The van der Waals surface area contributed by atoms with Gasteiger partial charge in [0.15, 0.2) is 17.3 Å². The van der Waals surface area contributed by atoms with Gasteiger partial charge in [0, 0.05) is 16.7 Å². The number of aromatic nitrogens is 4. The summed E-state index contributed by atoms with van der Waals surface area (Å²) in [6, 6.07) is 23.3. The number of hydrazone groups is 1. The van der Waals surface area contributed by atoms with Crippen molar-refractivity contribution in [1.82, 2.24) is 19.8 Å². The first kappa shape index (κ1) is 22.7. The van der Waals surface area contributed by atoms with Crippen molar-refractivity contribution >= 4 is 28.8 Å². The summed E-state index contributed by atoms with van der Waals surface area (Å²) in [6.45, 7) is 3.41. The molecule has 2 N–H and O–H groups in total. The van der Waals surface area contributed by atoms with Crippen molar-refractivity contribution < 1.29 is 9.21 Å². The fourth-order valence-electron chi connectivity index (χ4n) is 3.60. The van der Waals surface area contributed by atoms with E-state index in [9.17, 15) is 9.59 Å². The molecule has 0 aliphatic heterocycles. The fourth-order valence-corrected chi connectivity index (χ4v) is 3.60. The fraction of sp³-hybridized carbons (Fsp3) is 0.0769. The smallest absolute Gasteiger partial charge is 0.359 e. The van der Waals surface area contributed by atoms with Crippen LogP contribution >= 0.6 is 0 Å². The van der Waals surface area contributed by atoms with Gasteiger partial charge in [-0.15, -0.1) is 15.3 Å². The second kappa shape index (κ2) is 9.63. The lowest BCUT2D eigenvalue weighted by Crippen LogP contribution is -2.19. The second-order valence-corrected chi connectivity index (χ2v) is 7.92. The van der Waals surface area contributed by atoms with E-state index in [2.05, 4.69) is 31.1 Å². The van der Waals surface area contributed by atoms with E-state index in [0.717, 1.165) is 5.56 Å². The Morgan fingerprint density at radius 3 is 2.44 bits per heavy atom. The standard InChI is InChI=1S/C26H21N7O3/c1-16(20-15-21(26(35)36-17(20)2)27-25(34)19-11-7-4-8-12-19)28-29-22-13-14-23-30-31-24(33(23)32-22)18-9-5-3-6-10-18/h3-15H,1-2H3,(H,27,34)(H,29,32)/b28-16+. The number of nitrogens with zero attached hydrogens (tertiary/aromatic N) is 5. The summed E-state index contributed by atoms with van der Waals surface area (Å²) in [5.41, 5.74) is 5.30. The number of hydrogen-bond donors (Lipinski definition) is 2. The molecule has 178 valence electrons. The minimum Gasteiger partial charge on any atom is -0.426 e. The number of nitrogens with one attached hydrogen (secondary N) is 2. The maximum absolute atomic E-state index is 12.5. The van der Waals surface area contributed by atoms with Crippen LogP contribution in [0.2, 0.25) is 0 Å². The predicted octanol–water partition coefficient (Wildman–Crippen LogP) is 4.14. The lowest BCUT2D eigenvalue weighted by Gasteiger charge is -2.09. The average Bonchev–Trinajstić information content (AvgIpc) is 3.33. The van der Waals surface area contributed by atoms with Crippen LogP contribution in [-0.2, 0) is 0 Å². The van der Waals surface area contributed by atoms with Crippen LogP contribution in [0.1, 0.15) is 28.6 Å². The topological polar surface area (TPSA) is 127 Å². The van der Waals surface area contributed by atoms with E-state index in [-0.39, 0.29) is 5.69 Å². The molecule has 3 aromatic heterocycles. The maximum Gasteiger partial charge on any atom is 0.359 e. The first-order chi connectivity index (χ1) is 17.5. The number of amides is 1. The van der Waals surface area contributed by atoms with Crippen molar-refractivity contribution in [3.8, 4) is 11.4 Å². The Balaban J connectivity index is 1.40. The zero-order chi connectivity index (χ0) is 25.1. The number of anilines is 2. The molecule has 36 heavy (non-hydrogen) atoms. The van der Waals surface area contributed by atoms with Crippen molar-refractivity contribution in [3.05, 3.63) is 106 Å². The zero-order valence-corrected chi connectivity index (χ0v) is 19.5. The van der Waals surface area contributed by atoms with Gasteiger partial charge in [0.2, 0.25) is 0 Å². The van der Waals surface area contributed by atoms with Crippen LogP contribution in [0.5, 0.6) is 0 Å². The highest BCUT2D eigenvalue weighted by Gasteiger charge is 2.14. The Morgan fingerprint density at radius 1 is 0.972 bits per heavy atom. The van der Waals surface area contributed by atoms with Gasteiger partial charge < -0.3 is 9.73 Å². The lowest BCUT2D eigenvalue weighted by atomic mass is 10.1. The summed E-state index contributed by atoms with van der Waals surface area (Å²) < 4.78 is 6.98. The van der Waals surface area contributed by atoms with Gasteiger partial charge in [-0.3, -0.25) is 10.2 Å². The van der Waals surface area contributed by atoms with Crippen molar-refractivity contribution in [1.29, 1.82) is 0 Å². The van der Waals surface area contributed by atoms with E-state index < -0.39 is 11.5 Å². The molecule has 5 aromatic rings. The molecule has 0 atom stereocenters. The molecule has 0 spiro atoms. The minimum absolute atomic E-state index is 0.0236. The quantitative estimate of drug-likeness (QED) is 0.277. The first-order valence-electron chi connectivity index (χ1n) is 11.1. The second-order valence-electron chi connectivity index (χ2n) is 7.92. The maximum atomic E-state index is 12.5. The van der Waals surface area contributed by atoms with Crippen molar-refractivity contribution in [2.45, 2.75) is 13.8 Å². The van der Waals surface area contributed by atoms with E-state index in [1.807, 2.05) is 30.3 Å². The van der Waals surface area contributed by atoms with Gasteiger partial charge in [-0.25, -0.2) is 4.79 Å². The van der Waals surface area contributed by atoms with Crippen LogP contribution in [0.15, 0.2) is 93.2 Å². The van der Waals surface area contributed by atoms with Crippen LogP contribution in [0.25, 0.3) is 17.0 Å². The third kappa shape index (κ3) is 4.60. The minimum atomic E-state index is -0.644. The van der Waals surface area contributed by atoms with Crippen LogP contribution in [-0.4, -0.2) is 31.4 Å². The highest BCUT2D eigenvalue weighted by Crippen LogP contribution is 2.18. The zero-order valence-electron chi connectivity index (χ0n) is 19.5. The Bertz CT molecular complexity index is 1640. The molecule has 0 aliphatic rings. The summed E-state index contributed by atoms with van der Waals surface area (Å²) in [5.74, 6) is 1.03. The third-order valence-corrected chi connectivity index (χ3v) is 5.44. The molecule has 0 unspecified atom stereocenters. The van der Waals surface area contributed by atoms with Crippen LogP contribution in [0.3, 0.4) is 0 Å². The van der Waals surface area contributed by atoms with E-state index in [0.29, 0.717) is 39.9 Å². The molecular formula is C26H21N7O3. The highest BCUT2D eigenvalue weighted by molar-refractivity contribution is 6.05. The van der Waals surface area contributed by atoms with Gasteiger partial charge in [0.25, 0.3) is 5.91 Å². The van der Waals surface area contributed by atoms with Gasteiger partial charge in [0.05, 0.1) is 5.71 Å². The molecule has 10 nitrogen and oxygen atoms in total. The summed E-state index contributed by atoms with van der Waals surface area (Å²) in [6.07, 6.45) is 0. The summed E-state index contributed by atoms with van der Waals surface area (Å²) >= 11 is 0. The molecule has 0 aliphatic carbocycles. The summed E-state index contributed by atoms with van der Waals surface area (Å²) in [4.78, 5) is 24.9. The van der Waals surface area contributed by atoms with Gasteiger partial charge in [0.1, 0.15) is 11.4 Å². The number of aryl methyl sites for hydroxylation is 1. The van der Waals surface area contributed by atoms with Crippen LogP contribution in [0.4, 0.5) is 11.5 Å². The van der Waals surface area contributed by atoms with Gasteiger partial charge in [-0.1, -0.05) is 48.5 Å². The molecule has 0 bridgehead atoms. The number of fused-ring (bicyclic) bond motifs is 1. The van der Waals surface area contributed by atoms with Gasteiger partial charge >= 0.3 is 5.63 Å². The number of carbonyl (C=O) groups excluding carboxylic acids is 1. The average molecular weight is 480 g/mol. The molecule has 5 rings (SSSR count). The van der Waals surface area contributed by atoms with Crippen molar-refractivity contribution in [3.63, 3.8) is 0 Å². The summed E-state index contributed by atoms with van der Waals surface area (Å²) in [5, 5.41) is 20.0. The molecule has 0 saturated carbocycles. The largest absolute Gasteiger partial charge is 0.426 e. The molecule has 2 aromatic carbocycles. The van der Waals surface area contributed by atoms with Crippen LogP contribution in [0, 0.1) is 6.92 Å². The van der Waals surface area contributed by atoms with Crippen molar-refractivity contribution in [2.24, 2.45) is 5.10 Å². The number of carbonyl (C=O) groups is 1. The highest BCUT2D eigenvalue weighted by atomic mass is 16.4. The van der Waals surface area contributed by atoms with E-state index in [1.165, 1.54) is 0 Å². The molecule has 0 saturated heterocycles. The van der Waals surface area contributed by atoms with Crippen molar-refractivity contribution in [2.75, 3.05) is 10.7 Å². The number of hydrogen-bond acceptors (Lipinski definition) is 8. The SMILES string of the molecule is C/C(=N\Nc1ccc2nnc(-c3ccccc3)n2n1)c1cc(NC(=O)c2ccccc2)c(=O)oc1C. The monoisotopic (exact) mass is 479 g/mol. The van der Waals surface area contributed by atoms with Gasteiger partial charge in [-0.05, 0) is 44.2 Å². The Labute approximate surface area is 205 Å². The molecule has 0 radical (unpaired) electrons. The molecule has 3 heterocycles. The normalized spacial score (nSPS) is 11.4. The lowest BCUT2D eigenvalue weighted by molar-refractivity contribution is 0.102. The van der Waals surface area contributed by atoms with Crippen LogP contribution < -0.4 is 16.4 Å². The Kier molecular flexibility index (Phi) is 6.06. The number of rotatable bonds is 6.